The second kappa shape index (κ2) is 9.54. The average Bonchev–Trinajstić information content (AvgIpc) is 3.33. The lowest BCUT2D eigenvalue weighted by Gasteiger charge is -2.16. The molecule has 0 bridgehead atoms. The number of halogens is 1. The van der Waals surface area contributed by atoms with Crippen molar-refractivity contribution in [1.82, 2.24) is 25.1 Å². The first-order chi connectivity index (χ1) is 15.5. The van der Waals surface area contributed by atoms with Gasteiger partial charge in [-0.2, -0.15) is 5.10 Å². The SMILES string of the molecule is COCCn1c([C@H](C)NC(=O)Cc2c(-c3ccc(Cl)cc3)n[nH]c2C)nc2ccccc21. The van der Waals surface area contributed by atoms with Crippen LogP contribution in [-0.2, 0) is 22.5 Å². The smallest absolute Gasteiger partial charge is 0.225 e. The highest BCUT2D eigenvalue weighted by molar-refractivity contribution is 6.30. The molecule has 2 aromatic carbocycles. The van der Waals surface area contributed by atoms with Gasteiger partial charge >= 0.3 is 0 Å². The number of hydrogen-bond acceptors (Lipinski definition) is 4. The predicted molar refractivity (Wildman–Crippen MR) is 126 cm³/mol. The number of aryl methyl sites for hydroxylation is 1. The molecule has 2 aromatic heterocycles. The molecule has 8 heteroatoms. The van der Waals surface area contributed by atoms with E-state index in [1.54, 1.807) is 7.11 Å². The summed E-state index contributed by atoms with van der Waals surface area (Å²) in [4.78, 5) is 17.8. The molecule has 2 heterocycles. The van der Waals surface area contributed by atoms with Gasteiger partial charge in [-0.05, 0) is 38.1 Å². The molecule has 2 N–H and O–H groups in total. The zero-order valence-electron chi connectivity index (χ0n) is 18.4. The maximum atomic E-state index is 13.0. The summed E-state index contributed by atoms with van der Waals surface area (Å²) in [7, 11) is 1.68. The lowest BCUT2D eigenvalue weighted by atomic mass is 10.0. The predicted octanol–water partition coefficient (Wildman–Crippen LogP) is 4.45. The summed E-state index contributed by atoms with van der Waals surface area (Å²) in [6, 6.07) is 15.1. The van der Waals surface area contributed by atoms with Crippen LogP contribution in [0.25, 0.3) is 22.3 Å². The Bertz CT molecular complexity index is 1230. The Labute approximate surface area is 191 Å². The molecule has 0 aliphatic heterocycles. The van der Waals surface area contributed by atoms with E-state index in [0.29, 0.717) is 18.2 Å². The minimum absolute atomic E-state index is 0.0949. The molecule has 7 nitrogen and oxygen atoms in total. The average molecular weight is 452 g/mol. The van der Waals surface area contributed by atoms with Crippen LogP contribution in [0, 0.1) is 6.92 Å². The third-order valence-corrected chi connectivity index (χ3v) is 5.75. The Morgan fingerprint density at radius 2 is 1.97 bits per heavy atom. The summed E-state index contributed by atoms with van der Waals surface area (Å²) in [5, 5.41) is 11.2. The number of ether oxygens (including phenoxy) is 1. The van der Waals surface area contributed by atoms with Crippen LogP contribution in [0.3, 0.4) is 0 Å². The Morgan fingerprint density at radius 3 is 2.72 bits per heavy atom. The number of nitrogens with one attached hydrogen (secondary N) is 2. The van der Waals surface area contributed by atoms with Gasteiger partial charge in [-0.1, -0.05) is 35.9 Å². The number of H-pyrrole nitrogens is 1. The van der Waals surface area contributed by atoms with Crippen LogP contribution in [0.1, 0.15) is 30.0 Å². The third-order valence-electron chi connectivity index (χ3n) is 5.50. The number of rotatable bonds is 8. The number of benzene rings is 2. The number of amides is 1. The van der Waals surface area contributed by atoms with Crippen LogP contribution in [0.4, 0.5) is 0 Å². The van der Waals surface area contributed by atoms with E-state index in [-0.39, 0.29) is 18.4 Å². The molecule has 4 rings (SSSR count). The maximum Gasteiger partial charge on any atom is 0.225 e. The number of fused-ring (bicyclic) bond motifs is 1. The van der Waals surface area contributed by atoms with Crippen LogP contribution < -0.4 is 5.32 Å². The monoisotopic (exact) mass is 451 g/mol. The fourth-order valence-corrected chi connectivity index (χ4v) is 4.00. The zero-order chi connectivity index (χ0) is 22.7. The summed E-state index contributed by atoms with van der Waals surface area (Å²) >= 11 is 6.01. The molecule has 0 spiro atoms. The Hall–Kier alpha value is -3.16. The van der Waals surface area contributed by atoms with E-state index in [1.807, 2.05) is 62.4 Å². The number of aromatic nitrogens is 4. The van der Waals surface area contributed by atoms with E-state index in [4.69, 9.17) is 21.3 Å². The summed E-state index contributed by atoms with van der Waals surface area (Å²) < 4.78 is 7.37. The highest BCUT2D eigenvalue weighted by Crippen LogP contribution is 2.26. The first kappa shape index (κ1) is 22.0. The summed E-state index contributed by atoms with van der Waals surface area (Å²) in [5.41, 5.74) is 5.33. The molecule has 1 amide bonds. The first-order valence-electron chi connectivity index (χ1n) is 10.5. The molecule has 0 aliphatic carbocycles. The molecule has 0 fully saturated rings. The van der Waals surface area contributed by atoms with E-state index in [0.717, 1.165) is 39.4 Å². The molecular formula is C24H26ClN5O2. The van der Waals surface area contributed by atoms with Gasteiger partial charge in [-0.3, -0.25) is 9.89 Å². The summed E-state index contributed by atoms with van der Waals surface area (Å²) in [6.45, 7) is 5.09. The standard InChI is InChI=1S/C24H26ClN5O2/c1-15-19(23(29-28-15)17-8-10-18(25)11-9-17)14-22(31)26-16(2)24-27-20-6-4-5-7-21(20)30(24)12-13-32-3/h4-11,16H,12-14H2,1-3H3,(H,26,31)(H,28,29)/t16-/m0/s1. The van der Waals surface area contributed by atoms with Crippen molar-refractivity contribution in [2.45, 2.75) is 32.9 Å². The van der Waals surface area contributed by atoms with Crippen molar-refractivity contribution in [3.05, 3.63) is 70.6 Å². The minimum atomic E-state index is -0.266. The number of carbonyl (C=O) groups excluding carboxylic acids is 1. The van der Waals surface area contributed by atoms with Crippen LogP contribution in [0.2, 0.25) is 5.02 Å². The molecule has 32 heavy (non-hydrogen) atoms. The van der Waals surface area contributed by atoms with E-state index in [9.17, 15) is 4.79 Å². The fraction of sp³-hybridized carbons (Fsp3) is 0.292. The van der Waals surface area contributed by atoms with Gasteiger partial charge < -0.3 is 14.6 Å². The number of hydrogen-bond donors (Lipinski definition) is 2. The largest absolute Gasteiger partial charge is 0.383 e. The van der Waals surface area contributed by atoms with Crippen LogP contribution in [0.15, 0.2) is 48.5 Å². The van der Waals surface area contributed by atoms with Gasteiger partial charge in [-0.25, -0.2) is 4.98 Å². The topological polar surface area (TPSA) is 84.8 Å². The van der Waals surface area contributed by atoms with Crippen LogP contribution in [0.5, 0.6) is 0 Å². The van der Waals surface area contributed by atoms with Gasteiger partial charge in [0, 0.05) is 35.5 Å². The summed E-state index contributed by atoms with van der Waals surface area (Å²) in [6.07, 6.45) is 0.211. The van der Waals surface area contributed by atoms with Crippen molar-refractivity contribution < 1.29 is 9.53 Å². The van der Waals surface area contributed by atoms with E-state index in [2.05, 4.69) is 20.1 Å². The Morgan fingerprint density at radius 1 is 1.22 bits per heavy atom. The summed E-state index contributed by atoms with van der Waals surface area (Å²) in [5.74, 6) is 0.709. The molecule has 4 aromatic rings. The number of aromatic amines is 1. The van der Waals surface area contributed by atoms with E-state index >= 15 is 0 Å². The van der Waals surface area contributed by atoms with Crippen molar-refractivity contribution in [2.75, 3.05) is 13.7 Å². The van der Waals surface area contributed by atoms with Crippen molar-refractivity contribution in [3.63, 3.8) is 0 Å². The number of carbonyl (C=O) groups is 1. The molecule has 0 aliphatic rings. The molecule has 1 atom stereocenters. The number of nitrogens with zero attached hydrogens (tertiary/aromatic N) is 3. The highest BCUT2D eigenvalue weighted by Gasteiger charge is 2.21. The second-order valence-electron chi connectivity index (χ2n) is 7.75. The normalized spacial score (nSPS) is 12.2. The highest BCUT2D eigenvalue weighted by atomic mass is 35.5. The number of para-hydroxylation sites is 2. The Kier molecular flexibility index (Phi) is 6.58. The van der Waals surface area contributed by atoms with Gasteiger partial charge in [0.25, 0.3) is 0 Å². The molecule has 166 valence electrons. The van der Waals surface area contributed by atoms with Crippen LogP contribution in [-0.4, -0.2) is 39.4 Å². The minimum Gasteiger partial charge on any atom is -0.383 e. The Balaban J connectivity index is 1.54. The van der Waals surface area contributed by atoms with E-state index in [1.165, 1.54) is 0 Å². The first-order valence-corrected chi connectivity index (χ1v) is 10.9. The molecule has 0 unspecified atom stereocenters. The van der Waals surface area contributed by atoms with Crippen molar-refractivity contribution in [3.8, 4) is 11.3 Å². The van der Waals surface area contributed by atoms with E-state index < -0.39 is 0 Å². The zero-order valence-corrected chi connectivity index (χ0v) is 19.1. The van der Waals surface area contributed by atoms with Gasteiger partial charge in [-0.15, -0.1) is 0 Å². The van der Waals surface area contributed by atoms with Crippen molar-refractivity contribution >= 4 is 28.5 Å². The maximum absolute atomic E-state index is 13.0. The fourth-order valence-electron chi connectivity index (χ4n) is 3.88. The third kappa shape index (κ3) is 4.54. The lowest BCUT2D eigenvalue weighted by Crippen LogP contribution is -2.30. The molecular weight excluding hydrogens is 426 g/mol. The number of methoxy groups -OCH3 is 1. The lowest BCUT2D eigenvalue weighted by molar-refractivity contribution is -0.121. The molecule has 0 saturated carbocycles. The number of imidazole rings is 1. The quantitative estimate of drug-likeness (QED) is 0.414. The van der Waals surface area contributed by atoms with Crippen molar-refractivity contribution in [1.29, 1.82) is 0 Å². The second-order valence-corrected chi connectivity index (χ2v) is 8.19. The van der Waals surface area contributed by atoms with Crippen LogP contribution >= 0.6 is 11.6 Å². The van der Waals surface area contributed by atoms with Gasteiger partial charge in [0.15, 0.2) is 0 Å². The van der Waals surface area contributed by atoms with Gasteiger partial charge in [0.05, 0.1) is 35.8 Å². The van der Waals surface area contributed by atoms with Crippen molar-refractivity contribution in [2.24, 2.45) is 0 Å². The van der Waals surface area contributed by atoms with Gasteiger partial charge in [0.2, 0.25) is 5.91 Å². The van der Waals surface area contributed by atoms with Gasteiger partial charge in [0.1, 0.15) is 5.82 Å². The molecule has 0 saturated heterocycles. The molecule has 0 radical (unpaired) electrons.